The van der Waals surface area contributed by atoms with Crippen LogP contribution in [0.1, 0.15) is 58.5 Å². The number of nitrogens with one attached hydrogen (secondary N) is 1. The fraction of sp³-hybridized carbons (Fsp3) is 0.455. The van der Waals surface area contributed by atoms with Gasteiger partial charge in [0, 0.05) is 17.2 Å². The van der Waals surface area contributed by atoms with Crippen molar-refractivity contribution < 1.29 is 23.8 Å². The smallest absolute Gasteiger partial charge is 0.341 e. The van der Waals surface area contributed by atoms with Crippen molar-refractivity contribution in [2.45, 2.75) is 45.4 Å². The maximum atomic E-state index is 12.8. The first kappa shape index (κ1) is 19.8. The minimum Gasteiger partial charge on any atom is -0.465 e. The van der Waals surface area contributed by atoms with Crippen LogP contribution in [0.3, 0.4) is 0 Å². The van der Waals surface area contributed by atoms with E-state index in [0.29, 0.717) is 17.0 Å². The van der Waals surface area contributed by atoms with Crippen LogP contribution in [-0.2, 0) is 16.0 Å². The molecule has 0 spiro atoms. The van der Waals surface area contributed by atoms with Gasteiger partial charge in [-0.15, -0.1) is 11.3 Å². The van der Waals surface area contributed by atoms with Crippen molar-refractivity contribution >= 4 is 28.2 Å². The number of carbonyl (C=O) groups excluding carboxylic acids is 2. The second-order valence-corrected chi connectivity index (χ2v) is 8.64. The van der Waals surface area contributed by atoms with Crippen LogP contribution in [0.4, 0.5) is 5.00 Å². The molecule has 2 aromatic rings. The van der Waals surface area contributed by atoms with Crippen molar-refractivity contribution in [3.05, 3.63) is 39.8 Å². The van der Waals surface area contributed by atoms with E-state index in [0.717, 1.165) is 53.2 Å². The monoisotopic (exact) mass is 415 g/mol. The lowest BCUT2D eigenvalue weighted by molar-refractivity contribution is -0.120. The Hall–Kier alpha value is -2.54. The zero-order chi connectivity index (χ0) is 20.4. The minimum atomic E-state index is -0.422. The predicted octanol–water partition coefficient (Wildman–Crippen LogP) is 4.68. The van der Waals surface area contributed by atoms with Crippen molar-refractivity contribution in [3.63, 3.8) is 0 Å². The molecule has 1 N–H and O–H groups in total. The van der Waals surface area contributed by atoms with Crippen LogP contribution in [0.2, 0.25) is 0 Å². The first-order chi connectivity index (χ1) is 14.1. The highest BCUT2D eigenvalue weighted by molar-refractivity contribution is 7.17. The van der Waals surface area contributed by atoms with Gasteiger partial charge in [-0.3, -0.25) is 4.79 Å². The number of hydrogen-bond acceptors (Lipinski definition) is 6. The summed E-state index contributed by atoms with van der Waals surface area (Å²) in [6, 6.07) is 5.85. The topological polar surface area (TPSA) is 73.9 Å². The molecule has 4 rings (SSSR count). The van der Waals surface area contributed by atoms with E-state index >= 15 is 0 Å². The summed E-state index contributed by atoms with van der Waals surface area (Å²) in [4.78, 5) is 26.2. The molecule has 1 aliphatic heterocycles. The van der Waals surface area contributed by atoms with Gasteiger partial charge in [-0.25, -0.2) is 4.79 Å². The summed E-state index contributed by atoms with van der Waals surface area (Å²) in [7, 11) is 1.36. The van der Waals surface area contributed by atoms with Crippen molar-refractivity contribution in [2.75, 3.05) is 19.2 Å². The van der Waals surface area contributed by atoms with Crippen molar-refractivity contribution in [2.24, 2.45) is 5.92 Å². The van der Waals surface area contributed by atoms with E-state index in [1.54, 1.807) is 0 Å². The van der Waals surface area contributed by atoms with E-state index in [2.05, 4.69) is 5.32 Å². The number of rotatable bonds is 5. The fourth-order valence-electron chi connectivity index (χ4n) is 3.98. The molecule has 154 valence electrons. The normalized spacial score (nSPS) is 15.9. The molecule has 0 radical (unpaired) electrons. The van der Waals surface area contributed by atoms with Gasteiger partial charge in [0.25, 0.3) is 0 Å². The zero-order valence-corrected chi connectivity index (χ0v) is 17.5. The SMILES string of the molecule is COC(=O)c1c(NC(=O)C2CCCCC2)sc(Cc2ccc3c(c2)OCO3)c1C. The van der Waals surface area contributed by atoms with E-state index in [-0.39, 0.29) is 18.6 Å². The summed E-state index contributed by atoms with van der Waals surface area (Å²) in [6.07, 6.45) is 5.81. The second kappa shape index (κ2) is 8.45. The molecule has 29 heavy (non-hydrogen) atoms. The lowest BCUT2D eigenvalue weighted by Crippen LogP contribution is -2.25. The number of thiophene rings is 1. The maximum absolute atomic E-state index is 12.8. The number of fused-ring (bicyclic) bond motifs is 1. The molecule has 1 aliphatic carbocycles. The summed E-state index contributed by atoms with van der Waals surface area (Å²) in [6.45, 7) is 2.14. The summed E-state index contributed by atoms with van der Waals surface area (Å²) in [5.41, 5.74) is 2.36. The van der Waals surface area contributed by atoms with E-state index in [1.807, 2.05) is 25.1 Å². The molecule has 7 heteroatoms. The molecule has 0 unspecified atom stereocenters. The molecular weight excluding hydrogens is 390 g/mol. The molecule has 6 nitrogen and oxygen atoms in total. The number of anilines is 1. The van der Waals surface area contributed by atoms with Gasteiger partial charge in [0.1, 0.15) is 5.00 Å². The summed E-state index contributed by atoms with van der Waals surface area (Å²) < 4.78 is 15.8. The fourth-order valence-corrected chi connectivity index (χ4v) is 5.21. The van der Waals surface area contributed by atoms with Crippen LogP contribution in [-0.4, -0.2) is 25.8 Å². The number of carbonyl (C=O) groups is 2. The molecule has 1 amide bonds. The van der Waals surface area contributed by atoms with E-state index in [9.17, 15) is 9.59 Å². The number of amides is 1. The van der Waals surface area contributed by atoms with Gasteiger partial charge in [-0.05, 0) is 43.0 Å². The Balaban J connectivity index is 1.59. The lowest BCUT2D eigenvalue weighted by Gasteiger charge is -2.20. The van der Waals surface area contributed by atoms with Gasteiger partial charge in [-0.2, -0.15) is 0 Å². The van der Waals surface area contributed by atoms with Crippen LogP contribution in [0.15, 0.2) is 18.2 Å². The van der Waals surface area contributed by atoms with Gasteiger partial charge < -0.3 is 19.5 Å². The number of esters is 1. The average molecular weight is 416 g/mol. The van der Waals surface area contributed by atoms with Crippen LogP contribution in [0.5, 0.6) is 11.5 Å². The Morgan fingerprint density at radius 2 is 1.93 bits per heavy atom. The van der Waals surface area contributed by atoms with Crippen LogP contribution >= 0.6 is 11.3 Å². The molecular formula is C22H25NO5S. The Morgan fingerprint density at radius 1 is 1.17 bits per heavy atom. The highest BCUT2D eigenvalue weighted by atomic mass is 32.1. The van der Waals surface area contributed by atoms with Gasteiger partial charge in [0.05, 0.1) is 12.7 Å². The molecule has 1 aromatic heterocycles. The predicted molar refractivity (Wildman–Crippen MR) is 111 cm³/mol. The Kier molecular flexibility index (Phi) is 5.76. The highest BCUT2D eigenvalue weighted by Crippen LogP contribution is 2.38. The molecule has 0 atom stereocenters. The third-order valence-corrected chi connectivity index (χ3v) is 6.86. The van der Waals surface area contributed by atoms with E-state index in [4.69, 9.17) is 14.2 Å². The third-order valence-electron chi connectivity index (χ3n) is 5.65. The van der Waals surface area contributed by atoms with Crippen molar-refractivity contribution in [3.8, 4) is 11.5 Å². The molecule has 2 aliphatic rings. The molecule has 0 saturated heterocycles. The third kappa shape index (κ3) is 4.10. The van der Waals surface area contributed by atoms with Gasteiger partial charge in [0.15, 0.2) is 11.5 Å². The molecule has 1 saturated carbocycles. The summed E-state index contributed by atoms with van der Waals surface area (Å²) in [5, 5.41) is 3.60. The van der Waals surface area contributed by atoms with E-state index < -0.39 is 5.97 Å². The Labute approximate surface area is 174 Å². The first-order valence-electron chi connectivity index (χ1n) is 9.96. The first-order valence-corrected chi connectivity index (χ1v) is 10.8. The van der Waals surface area contributed by atoms with Crippen LogP contribution < -0.4 is 14.8 Å². The molecule has 1 aromatic carbocycles. The number of benzene rings is 1. The molecule has 0 bridgehead atoms. The van der Waals surface area contributed by atoms with Crippen molar-refractivity contribution in [1.82, 2.24) is 0 Å². The second-order valence-electron chi connectivity index (χ2n) is 7.53. The molecule has 1 fully saturated rings. The number of hydrogen-bond donors (Lipinski definition) is 1. The number of methoxy groups -OCH3 is 1. The Bertz CT molecular complexity index is 930. The van der Waals surface area contributed by atoms with Crippen molar-refractivity contribution in [1.29, 1.82) is 0 Å². The van der Waals surface area contributed by atoms with Gasteiger partial charge >= 0.3 is 5.97 Å². The van der Waals surface area contributed by atoms with E-state index in [1.165, 1.54) is 24.9 Å². The standard InChI is InChI=1S/C22H25NO5S/c1-13-18(11-14-8-9-16-17(10-14)28-12-27-16)29-21(19(13)22(25)26-2)23-20(24)15-6-4-3-5-7-15/h8-10,15H,3-7,11-12H2,1-2H3,(H,23,24). The summed E-state index contributed by atoms with van der Waals surface area (Å²) >= 11 is 1.45. The molecule has 2 heterocycles. The van der Waals surface area contributed by atoms with Crippen LogP contribution in [0, 0.1) is 12.8 Å². The van der Waals surface area contributed by atoms with Crippen LogP contribution in [0.25, 0.3) is 0 Å². The van der Waals surface area contributed by atoms with Gasteiger partial charge in [0.2, 0.25) is 12.7 Å². The van der Waals surface area contributed by atoms with Gasteiger partial charge in [-0.1, -0.05) is 25.3 Å². The average Bonchev–Trinajstić information content (AvgIpc) is 3.32. The maximum Gasteiger partial charge on any atom is 0.341 e. The summed E-state index contributed by atoms with van der Waals surface area (Å²) in [5.74, 6) is 1.08. The highest BCUT2D eigenvalue weighted by Gasteiger charge is 2.27. The Morgan fingerprint density at radius 3 is 2.69 bits per heavy atom. The minimum absolute atomic E-state index is 0.00531. The number of ether oxygens (including phenoxy) is 3. The lowest BCUT2D eigenvalue weighted by atomic mass is 9.89. The largest absolute Gasteiger partial charge is 0.465 e. The quantitative estimate of drug-likeness (QED) is 0.718. The zero-order valence-electron chi connectivity index (χ0n) is 16.7.